The molecule has 1 aliphatic carbocycles. The van der Waals surface area contributed by atoms with Gasteiger partial charge in [0, 0.05) is 29.2 Å². The van der Waals surface area contributed by atoms with E-state index in [9.17, 15) is 0 Å². The highest BCUT2D eigenvalue weighted by molar-refractivity contribution is 5.83. The second-order valence-corrected chi connectivity index (χ2v) is 5.15. The number of aromatic amines is 1. The predicted molar refractivity (Wildman–Crippen MR) is 71.0 cm³/mol. The lowest BCUT2D eigenvalue weighted by Crippen LogP contribution is -2.36. The fourth-order valence-electron chi connectivity index (χ4n) is 2.24. The fraction of sp³-hybridized carbons (Fsp3) is 0.429. The smallest absolute Gasteiger partial charge is 0.0456 e. The van der Waals surface area contributed by atoms with Gasteiger partial charge in [-0.25, -0.2) is 0 Å². The molecule has 0 radical (unpaired) electrons. The summed E-state index contributed by atoms with van der Waals surface area (Å²) in [7, 11) is 0. The number of fused-ring (bicyclic) bond motifs is 1. The molecule has 1 aromatic heterocycles. The first kappa shape index (κ1) is 10.8. The average molecular weight is 229 g/mol. The van der Waals surface area contributed by atoms with Gasteiger partial charge in [-0.3, -0.25) is 0 Å². The van der Waals surface area contributed by atoms with Crippen LogP contribution in [-0.2, 0) is 6.42 Å². The summed E-state index contributed by atoms with van der Waals surface area (Å²) < 4.78 is 0. The third-order valence-corrected chi connectivity index (χ3v) is 3.62. The Bertz CT molecular complexity index is 511. The van der Waals surface area contributed by atoms with E-state index < -0.39 is 0 Å². The molecule has 1 saturated carbocycles. The molecule has 4 N–H and O–H groups in total. The van der Waals surface area contributed by atoms with Crippen LogP contribution in [0.5, 0.6) is 0 Å². The van der Waals surface area contributed by atoms with Crippen molar-refractivity contribution in [1.29, 1.82) is 0 Å². The molecule has 0 amide bonds. The van der Waals surface area contributed by atoms with Crippen LogP contribution in [0.3, 0.4) is 0 Å². The van der Waals surface area contributed by atoms with Crippen LogP contribution in [-0.4, -0.2) is 23.6 Å². The van der Waals surface area contributed by atoms with E-state index in [1.54, 1.807) is 0 Å². The number of hydrogen-bond donors (Lipinski definition) is 3. The third-order valence-electron chi connectivity index (χ3n) is 3.62. The highest BCUT2D eigenvalue weighted by Crippen LogP contribution is 2.30. The second-order valence-electron chi connectivity index (χ2n) is 5.15. The van der Waals surface area contributed by atoms with Gasteiger partial charge in [-0.15, -0.1) is 0 Å². The highest BCUT2D eigenvalue weighted by Gasteiger charge is 2.37. The summed E-state index contributed by atoms with van der Waals surface area (Å²) in [6.45, 7) is 1.95. The van der Waals surface area contributed by atoms with E-state index in [0.717, 1.165) is 19.5 Å². The highest BCUT2D eigenvalue weighted by atomic mass is 15.0. The van der Waals surface area contributed by atoms with Gasteiger partial charge in [0.1, 0.15) is 0 Å². The first-order valence-electron chi connectivity index (χ1n) is 6.31. The zero-order valence-electron chi connectivity index (χ0n) is 10.00. The van der Waals surface area contributed by atoms with Crippen molar-refractivity contribution in [1.82, 2.24) is 10.3 Å². The molecule has 2 aromatic rings. The minimum absolute atomic E-state index is 0.111. The Labute approximate surface area is 101 Å². The molecule has 0 saturated heterocycles. The minimum Gasteiger partial charge on any atom is -0.361 e. The fourth-order valence-corrected chi connectivity index (χ4v) is 2.24. The van der Waals surface area contributed by atoms with Gasteiger partial charge in [-0.2, -0.15) is 0 Å². The average Bonchev–Trinajstić information content (AvgIpc) is 2.94. The third kappa shape index (κ3) is 2.35. The maximum Gasteiger partial charge on any atom is 0.0456 e. The number of H-pyrrole nitrogens is 1. The quantitative estimate of drug-likeness (QED) is 0.685. The predicted octanol–water partition coefficient (Wildman–Crippen LogP) is 1.79. The number of para-hydroxylation sites is 1. The summed E-state index contributed by atoms with van der Waals surface area (Å²) in [4.78, 5) is 3.31. The van der Waals surface area contributed by atoms with Crippen molar-refractivity contribution < 1.29 is 0 Å². The standard InChI is InChI=1S/C14H19N3/c15-14(6-7-14)10-16-8-5-11-9-17-13-4-2-1-3-12(11)13/h1-4,9,16-17H,5-8,10,15H2. The van der Waals surface area contributed by atoms with E-state index in [2.05, 4.69) is 40.8 Å². The van der Waals surface area contributed by atoms with Crippen LogP contribution in [0.25, 0.3) is 10.9 Å². The molecule has 3 nitrogen and oxygen atoms in total. The Morgan fingerprint density at radius 1 is 1.29 bits per heavy atom. The zero-order chi connectivity index (χ0) is 11.7. The van der Waals surface area contributed by atoms with Crippen molar-refractivity contribution >= 4 is 10.9 Å². The lowest BCUT2D eigenvalue weighted by molar-refractivity contribution is 0.571. The van der Waals surface area contributed by atoms with E-state index in [1.165, 1.54) is 29.3 Å². The number of aromatic nitrogens is 1. The SMILES string of the molecule is NC1(CNCCc2c[nH]c3ccccc23)CC1. The molecule has 1 aliphatic rings. The molecule has 90 valence electrons. The Balaban J connectivity index is 1.57. The van der Waals surface area contributed by atoms with Crippen LogP contribution in [0.4, 0.5) is 0 Å². The van der Waals surface area contributed by atoms with Crippen molar-refractivity contribution in [3.63, 3.8) is 0 Å². The molecule has 0 unspecified atom stereocenters. The van der Waals surface area contributed by atoms with E-state index in [1.807, 2.05) is 0 Å². The van der Waals surface area contributed by atoms with E-state index in [-0.39, 0.29) is 5.54 Å². The number of benzene rings is 1. The minimum atomic E-state index is 0.111. The summed E-state index contributed by atoms with van der Waals surface area (Å²) >= 11 is 0. The van der Waals surface area contributed by atoms with Gasteiger partial charge >= 0.3 is 0 Å². The molecule has 0 aliphatic heterocycles. The molecule has 0 spiro atoms. The first-order chi connectivity index (χ1) is 8.27. The van der Waals surface area contributed by atoms with Gasteiger partial charge in [0.25, 0.3) is 0 Å². The van der Waals surface area contributed by atoms with E-state index in [0.29, 0.717) is 0 Å². The summed E-state index contributed by atoms with van der Waals surface area (Å²) in [6, 6.07) is 8.44. The van der Waals surface area contributed by atoms with Crippen LogP contribution < -0.4 is 11.1 Å². The molecule has 17 heavy (non-hydrogen) atoms. The monoisotopic (exact) mass is 229 g/mol. The summed E-state index contributed by atoms with van der Waals surface area (Å²) in [5, 5.41) is 4.79. The maximum atomic E-state index is 6.03. The van der Waals surface area contributed by atoms with Crippen molar-refractivity contribution in [2.75, 3.05) is 13.1 Å². The van der Waals surface area contributed by atoms with E-state index >= 15 is 0 Å². The van der Waals surface area contributed by atoms with Crippen molar-refractivity contribution in [3.8, 4) is 0 Å². The largest absolute Gasteiger partial charge is 0.361 e. The second kappa shape index (κ2) is 4.17. The normalized spacial score (nSPS) is 17.5. The van der Waals surface area contributed by atoms with Gasteiger partial charge in [0.15, 0.2) is 0 Å². The molecule has 1 aromatic carbocycles. The van der Waals surface area contributed by atoms with Gasteiger partial charge in [0.2, 0.25) is 0 Å². The Morgan fingerprint density at radius 3 is 2.94 bits per heavy atom. The summed E-state index contributed by atoms with van der Waals surface area (Å²) in [5.41, 5.74) is 8.75. The Hall–Kier alpha value is -1.32. The van der Waals surface area contributed by atoms with Gasteiger partial charge in [-0.1, -0.05) is 18.2 Å². The maximum absolute atomic E-state index is 6.03. The van der Waals surface area contributed by atoms with E-state index in [4.69, 9.17) is 5.73 Å². The van der Waals surface area contributed by atoms with Gasteiger partial charge < -0.3 is 16.0 Å². The van der Waals surface area contributed by atoms with Crippen LogP contribution in [0, 0.1) is 0 Å². The van der Waals surface area contributed by atoms with Crippen LogP contribution in [0.1, 0.15) is 18.4 Å². The molecule has 1 fully saturated rings. The zero-order valence-corrected chi connectivity index (χ0v) is 10.00. The number of nitrogens with one attached hydrogen (secondary N) is 2. The number of nitrogens with two attached hydrogens (primary N) is 1. The molecule has 1 heterocycles. The molecule has 3 heteroatoms. The Morgan fingerprint density at radius 2 is 2.12 bits per heavy atom. The molecule has 0 bridgehead atoms. The van der Waals surface area contributed by atoms with Gasteiger partial charge in [0.05, 0.1) is 0 Å². The topological polar surface area (TPSA) is 53.8 Å². The Kier molecular flexibility index (Phi) is 2.65. The summed E-state index contributed by atoms with van der Waals surface area (Å²) in [6.07, 6.45) is 5.52. The lowest BCUT2D eigenvalue weighted by atomic mass is 10.1. The molecular weight excluding hydrogens is 210 g/mol. The van der Waals surface area contributed by atoms with Crippen LogP contribution in [0.2, 0.25) is 0 Å². The van der Waals surface area contributed by atoms with Crippen LogP contribution >= 0.6 is 0 Å². The number of rotatable bonds is 5. The van der Waals surface area contributed by atoms with Gasteiger partial charge in [-0.05, 0) is 37.4 Å². The molecule has 3 rings (SSSR count). The van der Waals surface area contributed by atoms with Crippen molar-refractivity contribution in [2.45, 2.75) is 24.8 Å². The summed E-state index contributed by atoms with van der Waals surface area (Å²) in [5.74, 6) is 0. The number of hydrogen-bond acceptors (Lipinski definition) is 2. The molecule has 0 atom stereocenters. The van der Waals surface area contributed by atoms with Crippen molar-refractivity contribution in [3.05, 3.63) is 36.0 Å². The molecular formula is C14H19N3. The first-order valence-corrected chi connectivity index (χ1v) is 6.31. The van der Waals surface area contributed by atoms with Crippen molar-refractivity contribution in [2.24, 2.45) is 5.73 Å². The van der Waals surface area contributed by atoms with Crippen LogP contribution in [0.15, 0.2) is 30.5 Å². The lowest BCUT2D eigenvalue weighted by Gasteiger charge is -2.09.